The highest BCUT2D eigenvalue weighted by Crippen LogP contribution is 2.24. The molecule has 1 N–H and O–H groups in total. The Balaban J connectivity index is 1.64. The predicted octanol–water partition coefficient (Wildman–Crippen LogP) is 4.26. The zero-order chi connectivity index (χ0) is 17.9. The van der Waals surface area contributed by atoms with E-state index >= 15 is 0 Å². The van der Waals surface area contributed by atoms with Gasteiger partial charge in [-0.15, -0.1) is 0 Å². The van der Waals surface area contributed by atoms with Gasteiger partial charge in [0.25, 0.3) is 5.91 Å². The topological polar surface area (TPSA) is 55.6 Å². The molecule has 0 fully saturated rings. The van der Waals surface area contributed by atoms with Crippen LogP contribution in [0.3, 0.4) is 0 Å². The molecule has 5 nitrogen and oxygen atoms in total. The maximum atomic E-state index is 12.6. The first-order valence-electron chi connectivity index (χ1n) is 8.23. The number of fused-ring (bicyclic) bond motifs is 1. The highest BCUT2D eigenvalue weighted by atomic mass is 16.5. The summed E-state index contributed by atoms with van der Waals surface area (Å²) in [6.45, 7) is 0. The van der Waals surface area contributed by atoms with Crippen LogP contribution < -0.4 is 10.1 Å². The second kappa shape index (κ2) is 6.72. The molecule has 5 heteroatoms. The number of nitrogens with one attached hydrogen (secondary N) is 1. The zero-order valence-corrected chi connectivity index (χ0v) is 14.2. The van der Waals surface area contributed by atoms with Crippen molar-refractivity contribution in [2.24, 2.45) is 0 Å². The van der Waals surface area contributed by atoms with Crippen molar-refractivity contribution in [3.8, 4) is 17.0 Å². The number of hydrogen-bond donors (Lipinski definition) is 1. The number of anilines is 1. The number of pyridine rings is 1. The normalized spacial score (nSPS) is 10.7. The minimum atomic E-state index is -0.202. The van der Waals surface area contributed by atoms with E-state index in [1.54, 1.807) is 31.5 Å². The van der Waals surface area contributed by atoms with Crippen molar-refractivity contribution >= 4 is 17.2 Å². The van der Waals surface area contributed by atoms with E-state index in [1.165, 1.54) is 0 Å². The van der Waals surface area contributed by atoms with Crippen LogP contribution in [0, 0.1) is 0 Å². The number of imidazole rings is 1. The van der Waals surface area contributed by atoms with Gasteiger partial charge in [0.15, 0.2) is 0 Å². The fourth-order valence-electron chi connectivity index (χ4n) is 2.82. The van der Waals surface area contributed by atoms with Gasteiger partial charge < -0.3 is 14.5 Å². The third-order valence-electron chi connectivity index (χ3n) is 4.14. The summed E-state index contributed by atoms with van der Waals surface area (Å²) in [5, 5.41) is 2.88. The predicted molar refractivity (Wildman–Crippen MR) is 102 cm³/mol. The Morgan fingerprint density at radius 1 is 0.962 bits per heavy atom. The van der Waals surface area contributed by atoms with Crippen molar-refractivity contribution in [2.45, 2.75) is 0 Å². The van der Waals surface area contributed by atoms with Gasteiger partial charge in [0.1, 0.15) is 11.4 Å². The first kappa shape index (κ1) is 15.9. The number of hydrogen-bond acceptors (Lipinski definition) is 3. The number of carbonyl (C=O) groups excluding carboxylic acids is 1. The second-order valence-corrected chi connectivity index (χ2v) is 5.83. The highest BCUT2D eigenvalue weighted by Gasteiger charge is 2.11. The van der Waals surface area contributed by atoms with E-state index in [2.05, 4.69) is 10.3 Å². The summed E-state index contributed by atoms with van der Waals surface area (Å²) in [5.74, 6) is 0.419. The molecule has 0 spiro atoms. The molecule has 0 saturated carbocycles. The average molecular weight is 343 g/mol. The quantitative estimate of drug-likeness (QED) is 0.602. The van der Waals surface area contributed by atoms with Crippen molar-refractivity contribution in [1.82, 2.24) is 9.38 Å². The summed E-state index contributed by atoms with van der Waals surface area (Å²) >= 11 is 0. The smallest absolute Gasteiger partial charge is 0.257 e. The number of nitrogens with zero attached hydrogens (tertiary/aromatic N) is 2. The van der Waals surface area contributed by atoms with Gasteiger partial charge in [-0.2, -0.15) is 0 Å². The monoisotopic (exact) mass is 343 g/mol. The fraction of sp³-hybridized carbons (Fsp3) is 0.0476. The molecule has 2 aromatic heterocycles. The molecule has 26 heavy (non-hydrogen) atoms. The number of methoxy groups -OCH3 is 1. The Bertz CT molecular complexity index is 1070. The van der Waals surface area contributed by atoms with Crippen molar-refractivity contribution in [3.05, 3.63) is 84.7 Å². The van der Waals surface area contributed by atoms with Crippen molar-refractivity contribution in [1.29, 1.82) is 0 Å². The molecule has 2 heterocycles. The van der Waals surface area contributed by atoms with E-state index < -0.39 is 0 Å². The van der Waals surface area contributed by atoms with Gasteiger partial charge in [0.05, 0.1) is 24.1 Å². The average Bonchev–Trinajstić information content (AvgIpc) is 3.12. The molecule has 2 aromatic carbocycles. The van der Waals surface area contributed by atoms with E-state index in [1.807, 2.05) is 59.1 Å². The summed E-state index contributed by atoms with van der Waals surface area (Å²) in [7, 11) is 1.58. The van der Waals surface area contributed by atoms with Crippen LogP contribution in [0.2, 0.25) is 0 Å². The maximum Gasteiger partial charge on any atom is 0.257 e. The number of para-hydroxylation sites is 2. The molecular weight excluding hydrogens is 326 g/mol. The van der Waals surface area contributed by atoms with E-state index in [-0.39, 0.29) is 5.91 Å². The summed E-state index contributed by atoms with van der Waals surface area (Å²) < 4.78 is 7.14. The van der Waals surface area contributed by atoms with Crippen LogP contribution in [-0.4, -0.2) is 22.4 Å². The number of aromatic nitrogens is 2. The first-order valence-corrected chi connectivity index (χ1v) is 8.23. The molecule has 4 rings (SSSR count). The van der Waals surface area contributed by atoms with Crippen LogP contribution in [0.4, 0.5) is 5.69 Å². The molecule has 0 atom stereocenters. The van der Waals surface area contributed by atoms with E-state index in [0.29, 0.717) is 17.0 Å². The Morgan fingerprint density at radius 2 is 1.73 bits per heavy atom. The molecule has 4 aromatic rings. The molecule has 0 bridgehead atoms. The van der Waals surface area contributed by atoms with Crippen molar-refractivity contribution in [3.63, 3.8) is 0 Å². The van der Waals surface area contributed by atoms with Gasteiger partial charge in [-0.05, 0) is 24.3 Å². The molecule has 0 aliphatic carbocycles. The van der Waals surface area contributed by atoms with E-state index in [9.17, 15) is 4.79 Å². The summed E-state index contributed by atoms with van der Waals surface area (Å²) in [5.41, 5.74) is 3.87. The molecule has 1 amide bonds. The second-order valence-electron chi connectivity index (χ2n) is 5.83. The molecule has 0 aliphatic rings. The Labute approximate surface area is 150 Å². The lowest BCUT2D eigenvalue weighted by atomic mass is 10.2. The SMILES string of the molecule is COc1ccccc1NC(=O)c1ccc2nc(-c3ccccc3)cn2c1. The Hall–Kier alpha value is -3.60. The standard InChI is InChI=1S/C21H17N3O2/c1-26-19-10-6-5-9-17(19)23-21(25)16-11-12-20-22-18(14-24(20)13-16)15-7-3-2-4-8-15/h2-14H,1H3,(H,23,25). The first-order chi connectivity index (χ1) is 12.7. The van der Waals surface area contributed by atoms with Gasteiger partial charge in [0, 0.05) is 18.0 Å². The lowest BCUT2D eigenvalue weighted by Crippen LogP contribution is -2.13. The Kier molecular flexibility index (Phi) is 4.11. The summed E-state index contributed by atoms with van der Waals surface area (Å²) in [6.07, 6.45) is 3.70. The maximum absolute atomic E-state index is 12.6. The van der Waals surface area contributed by atoms with Crippen LogP contribution in [0.1, 0.15) is 10.4 Å². The number of amides is 1. The van der Waals surface area contributed by atoms with Gasteiger partial charge >= 0.3 is 0 Å². The summed E-state index contributed by atoms with van der Waals surface area (Å²) in [4.78, 5) is 17.2. The van der Waals surface area contributed by atoms with Crippen molar-refractivity contribution in [2.75, 3.05) is 12.4 Å². The van der Waals surface area contributed by atoms with Crippen LogP contribution in [0.25, 0.3) is 16.9 Å². The molecule has 0 unspecified atom stereocenters. The minimum Gasteiger partial charge on any atom is -0.495 e. The van der Waals surface area contributed by atoms with Gasteiger partial charge in [-0.3, -0.25) is 4.79 Å². The number of ether oxygens (including phenoxy) is 1. The third kappa shape index (κ3) is 3.02. The van der Waals surface area contributed by atoms with E-state index in [0.717, 1.165) is 16.9 Å². The van der Waals surface area contributed by atoms with Crippen LogP contribution in [-0.2, 0) is 0 Å². The molecule has 0 radical (unpaired) electrons. The largest absolute Gasteiger partial charge is 0.495 e. The van der Waals surface area contributed by atoms with Crippen LogP contribution in [0.5, 0.6) is 5.75 Å². The third-order valence-corrected chi connectivity index (χ3v) is 4.14. The molecule has 128 valence electrons. The molecule has 0 aliphatic heterocycles. The fourth-order valence-corrected chi connectivity index (χ4v) is 2.82. The van der Waals surface area contributed by atoms with Crippen LogP contribution in [0.15, 0.2) is 79.1 Å². The van der Waals surface area contributed by atoms with Gasteiger partial charge in [0.2, 0.25) is 0 Å². The highest BCUT2D eigenvalue weighted by molar-refractivity contribution is 6.05. The zero-order valence-electron chi connectivity index (χ0n) is 14.2. The van der Waals surface area contributed by atoms with Crippen LogP contribution >= 0.6 is 0 Å². The number of carbonyl (C=O) groups is 1. The Morgan fingerprint density at radius 3 is 2.54 bits per heavy atom. The van der Waals surface area contributed by atoms with Gasteiger partial charge in [-0.1, -0.05) is 42.5 Å². The van der Waals surface area contributed by atoms with Crippen molar-refractivity contribution < 1.29 is 9.53 Å². The molecule has 0 saturated heterocycles. The lowest BCUT2D eigenvalue weighted by molar-refractivity contribution is 0.102. The number of rotatable bonds is 4. The molecular formula is C21H17N3O2. The number of benzene rings is 2. The van der Waals surface area contributed by atoms with E-state index in [4.69, 9.17) is 4.74 Å². The minimum absolute atomic E-state index is 0.202. The van der Waals surface area contributed by atoms with Gasteiger partial charge in [-0.25, -0.2) is 4.98 Å². The summed E-state index contributed by atoms with van der Waals surface area (Å²) in [6, 6.07) is 20.9. The lowest BCUT2D eigenvalue weighted by Gasteiger charge is -2.09.